The molecule has 2 aromatic rings. The fourth-order valence-electron chi connectivity index (χ4n) is 3.57. The minimum Gasteiger partial charge on any atom is -0.375 e. The lowest BCUT2D eigenvalue weighted by Gasteiger charge is -2.50. The molecule has 4 heterocycles. The quantitative estimate of drug-likeness (QED) is 0.820. The molecule has 1 spiro atoms. The number of carbonyl (C=O) groups excluding carboxylic acids is 1. The number of carbonyl (C=O) groups is 1. The number of aromatic nitrogens is 2. The van der Waals surface area contributed by atoms with Gasteiger partial charge < -0.3 is 14.4 Å². The highest BCUT2D eigenvalue weighted by Crippen LogP contribution is 2.40. The first-order chi connectivity index (χ1) is 12.2. The molecule has 2 aliphatic heterocycles. The van der Waals surface area contributed by atoms with Gasteiger partial charge in [0, 0.05) is 30.3 Å². The van der Waals surface area contributed by atoms with Gasteiger partial charge in [-0.25, -0.2) is 4.98 Å². The van der Waals surface area contributed by atoms with Gasteiger partial charge in [0.05, 0.1) is 42.6 Å². The van der Waals surface area contributed by atoms with Crippen LogP contribution in [0.15, 0.2) is 29.9 Å². The average molecular weight is 359 g/mol. The number of aryl methyl sites for hydroxylation is 1. The van der Waals surface area contributed by atoms with Crippen LogP contribution in [0.4, 0.5) is 0 Å². The van der Waals surface area contributed by atoms with Crippen LogP contribution in [0.3, 0.4) is 0 Å². The SMILES string of the molecule is Cc1nc(COC[C@@H]2CCOC23CN(C(=O)c2cccnc2)C3)cs1. The molecule has 2 aromatic heterocycles. The highest BCUT2D eigenvalue weighted by atomic mass is 32.1. The standard InChI is InChI=1S/C18H21N3O3S/c1-13-20-16(10-25-13)9-23-8-15-4-6-24-18(15)11-21(12-18)17(22)14-3-2-5-19-7-14/h2-3,5,7,10,15H,4,6,8-9,11-12H2,1H3/t15-/m0/s1. The van der Waals surface area contributed by atoms with Gasteiger partial charge in [0.15, 0.2) is 0 Å². The Morgan fingerprint density at radius 1 is 1.52 bits per heavy atom. The van der Waals surface area contributed by atoms with Crippen molar-refractivity contribution in [1.29, 1.82) is 0 Å². The first kappa shape index (κ1) is 16.6. The molecule has 1 atom stereocenters. The van der Waals surface area contributed by atoms with Gasteiger partial charge in [-0.15, -0.1) is 11.3 Å². The first-order valence-electron chi connectivity index (χ1n) is 8.48. The molecule has 132 valence electrons. The summed E-state index contributed by atoms with van der Waals surface area (Å²) >= 11 is 1.64. The van der Waals surface area contributed by atoms with Gasteiger partial charge in [0.2, 0.25) is 0 Å². The number of likely N-dealkylation sites (tertiary alicyclic amines) is 1. The van der Waals surface area contributed by atoms with Gasteiger partial charge >= 0.3 is 0 Å². The fraction of sp³-hybridized carbons (Fsp3) is 0.500. The Morgan fingerprint density at radius 2 is 2.40 bits per heavy atom. The molecule has 0 aromatic carbocycles. The summed E-state index contributed by atoms with van der Waals surface area (Å²) in [7, 11) is 0. The molecule has 6 nitrogen and oxygen atoms in total. The van der Waals surface area contributed by atoms with E-state index in [-0.39, 0.29) is 11.5 Å². The van der Waals surface area contributed by atoms with E-state index in [0.29, 0.717) is 37.8 Å². The van der Waals surface area contributed by atoms with Crippen molar-refractivity contribution in [2.24, 2.45) is 5.92 Å². The summed E-state index contributed by atoms with van der Waals surface area (Å²) in [5, 5.41) is 3.09. The van der Waals surface area contributed by atoms with Gasteiger partial charge in [-0.1, -0.05) is 0 Å². The van der Waals surface area contributed by atoms with Gasteiger partial charge in [-0.05, 0) is 25.5 Å². The lowest BCUT2D eigenvalue weighted by Crippen LogP contribution is -2.66. The van der Waals surface area contributed by atoms with E-state index in [4.69, 9.17) is 9.47 Å². The normalized spacial score (nSPS) is 21.5. The van der Waals surface area contributed by atoms with Crippen LogP contribution in [0.5, 0.6) is 0 Å². The molecule has 0 bridgehead atoms. The monoisotopic (exact) mass is 359 g/mol. The Balaban J connectivity index is 1.31. The summed E-state index contributed by atoms with van der Waals surface area (Å²) in [6, 6.07) is 3.58. The maximum absolute atomic E-state index is 12.5. The third-order valence-electron chi connectivity index (χ3n) is 4.95. The molecular formula is C18H21N3O3S. The number of rotatable bonds is 5. The number of ether oxygens (including phenoxy) is 2. The molecule has 0 radical (unpaired) electrons. The minimum atomic E-state index is -0.240. The van der Waals surface area contributed by atoms with Gasteiger partial charge in [0.1, 0.15) is 5.60 Å². The summed E-state index contributed by atoms with van der Waals surface area (Å²) in [5.41, 5.74) is 1.37. The Kier molecular flexibility index (Phi) is 4.54. The Hall–Kier alpha value is -1.83. The zero-order chi connectivity index (χ0) is 17.3. The molecule has 0 N–H and O–H groups in total. The van der Waals surface area contributed by atoms with Crippen LogP contribution >= 0.6 is 11.3 Å². The van der Waals surface area contributed by atoms with Crippen molar-refractivity contribution >= 4 is 17.2 Å². The van der Waals surface area contributed by atoms with E-state index in [0.717, 1.165) is 23.7 Å². The zero-order valence-corrected chi connectivity index (χ0v) is 15.0. The second-order valence-corrected chi connectivity index (χ2v) is 7.74. The van der Waals surface area contributed by atoms with E-state index < -0.39 is 0 Å². The molecule has 2 aliphatic rings. The molecular weight excluding hydrogens is 338 g/mol. The number of pyridine rings is 1. The first-order valence-corrected chi connectivity index (χ1v) is 9.36. The second kappa shape index (κ2) is 6.82. The van der Waals surface area contributed by atoms with Crippen LogP contribution < -0.4 is 0 Å². The number of nitrogens with zero attached hydrogens (tertiary/aromatic N) is 3. The Labute approximate surface area is 150 Å². The van der Waals surface area contributed by atoms with Crippen molar-refractivity contribution in [1.82, 2.24) is 14.9 Å². The van der Waals surface area contributed by atoms with E-state index in [2.05, 4.69) is 9.97 Å². The van der Waals surface area contributed by atoms with Crippen LogP contribution in [-0.4, -0.2) is 52.7 Å². The smallest absolute Gasteiger partial charge is 0.255 e. The Bertz CT molecular complexity index is 743. The van der Waals surface area contributed by atoms with E-state index in [9.17, 15) is 4.79 Å². The van der Waals surface area contributed by atoms with Crippen molar-refractivity contribution in [2.45, 2.75) is 25.6 Å². The van der Waals surface area contributed by atoms with Crippen LogP contribution in [-0.2, 0) is 16.1 Å². The lowest BCUT2D eigenvalue weighted by atomic mass is 9.81. The van der Waals surface area contributed by atoms with E-state index in [1.54, 1.807) is 35.9 Å². The summed E-state index contributed by atoms with van der Waals surface area (Å²) in [5.74, 6) is 0.344. The van der Waals surface area contributed by atoms with Crippen LogP contribution in [0, 0.1) is 12.8 Å². The van der Waals surface area contributed by atoms with Crippen LogP contribution in [0.2, 0.25) is 0 Å². The largest absolute Gasteiger partial charge is 0.375 e. The third-order valence-corrected chi connectivity index (χ3v) is 5.77. The summed E-state index contributed by atoms with van der Waals surface area (Å²) in [6.07, 6.45) is 4.26. The summed E-state index contributed by atoms with van der Waals surface area (Å²) in [4.78, 5) is 22.7. The van der Waals surface area contributed by atoms with Crippen LogP contribution in [0.1, 0.15) is 27.5 Å². The molecule has 4 rings (SSSR count). The molecule has 25 heavy (non-hydrogen) atoms. The molecule has 2 saturated heterocycles. The lowest BCUT2D eigenvalue weighted by molar-refractivity contribution is -0.129. The number of hydrogen-bond acceptors (Lipinski definition) is 6. The highest BCUT2D eigenvalue weighted by Gasteiger charge is 2.54. The van der Waals surface area contributed by atoms with Gasteiger partial charge in [-0.3, -0.25) is 9.78 Å². The molecule has 0 aliphatic carbocycles. The summed E-state index contributed by atoms with van der Waals surface area (Å²) in [6.45, 7) is 5.17. The molecule has 0 saturated carbocycles. The van der Waals surface area contributed by atoms with Crippen LogP contribution in [0.25, 0.3) is 0 Å². The van der Waals surface area contributed by atoms with Crippen molar-refractivity contribution in [3.8, 4) is 0 Å². The zero-order valence-electron chi connectivity index (χ0n) is 14.2. The van der Waals surface area contributed by atoms with Gasteiger partial charge in [-0.2, -0.15) is 0 Å². The number of amides is 1. The molecule has 0 unspecified atom stereocenters. The van der Waals surface area contributed by atoms with E-state index in [1.165, 1.54) is 0 Å². The maximum atomic E-state index is 12.5. The maximum Gasteiger partial charge on any atom is 0.255 e. The molecule has 7 heteroatoms. The second-order valence-electron chi connectivity index (χ2n) is 6.67. The summed E-state index contributed by atoms with van der Waals surface area (Å²) < 4.78 is 11.9. The topological polar surface area (TPSA) is 64.6 Å². The van der Waals surface area contributed by atoms with Crippen molar-refractivity contribution in [3.63, 3.8) is 0 Å². The van der Waals surface area contributed by atoms with Crippen molar-refractivity contribution in [2.75, 3.05) is 26.3 Å². The predicted octanol–water partition coefficient (Wildman–Crippen LogP) is 2.29. The highest BCUT2D eigenvalue weighted by molar-refractivity contribution is 7.09. The Morgan fingerprint density at radius 3 is 3.12 bits per heavy atom. The van der Waals surface area contributed by atoms with Crippen molar-refractivity contribution in [3.05, 3.63) is 46.2 Å². The predicted molar refractivity (Wildman–Crippen MR) is 93.4 cm³/mol. The third kappa shape index (κ3) is 3.31. The number of thiazole rings is 1. The fourth-order valence-corrected chi connectivity index (χ4v) is 4.16. The van der Waals surface area contributed by atoms with E-state index >= 15 is 0 Å². The van der Waals surface area contributed by atoms with Gasteiger partial charge in [0.25, 0.3) is 5.91 Å². The molecule has 2 fully saturated rings. The molecule has 1 amide bonds. The van der Waals surface area contributed by atoms with E-state index in [1.807, 2.05) is 17.2 Å². The van der Waals surface area contributed by atoms with Crippen molar-refractivity contribution < 1.29 is 14.3 Å². The minimum absolute atomic E-state index is 0.0202. The number of hydrogen-bond donors (Lipinski definition) is 0. The average Bonchev–Trinajstić information content (AvgIpc) is 3.20.